The highest BCUT2D eigenvalue weighted by Gasteiger charge is 2.18. The summed E-state index contributed by atoms with van der Waals surface area (Å²) in [5, 5.41) is 7.39. The molecular weight excluding hydrogens is 374 g/mol. The zero-order valence-corrected chi connectivity index (χ0v) is 19.3. The van der Waals surface area contributed by atoms with Gasteiger partial charge in [-0.1, -0.05) is 52.9 Å². The predicted molar refractivity (Wildman–Crippen MR) is 123 cm³/mol. The van der Waals surface area contributed by atoms with Crippen LogP contribution in [-0.4, -0.2) is 21.6 Å². The zero-order chi connectivity index (χ0) is 22.1. The average Bonchev–Trinajstić information content (AvgIpc) is 2.98. The molecule has 164 valence electrons. The van der Waals surface area contributed by atoms with Gasteiger partial charge in [0.05, 0.1) is 5.69 Å². The summed E-state index contributed by atoms with van der Waals surface area (Å²) in [4.78, 5) is 24.9. The number of aryl methyl sites for hydroxylation is 1. The van der Waals surface area contributed by atoms with E-state index in [0.29, 0.717) is 23.6 Å². The molecule has 2 rings (SSSR count). The van der Waals surface area contributed by atoms with Crippen molar-refractivity contribution in [1.29, 1.82) is 0 Å². The fraction of sp³-hybridized carbons (Fsp3) is 0.560. The Labute approximate surface area is 181 Å². The fourth-order valence-corrected chi connectivity index (χ4v) is 3.72. The normalized spacial score (nSPS) is 11.1. The van der Waals surface area contributed by atoms with Gasteiger partial charge in [0, 0.05) is 23.4 Å². The second kappa shape index (κ2) is 11.7. The molecule has 0 bridgehead atoms. The maximum absolute atomic E-state index is 13.0. The SMILES string of the molecule is CCCCCCCCc1c(C)nn(C(=O)c2ccc(NC(=O)CC(C)C)cc2)c1C. The Kier molecular flexibility index (Phi) is 9.28. The van der Waals surface area contributed by atoms with E-state index < -0.39 is 0 Å². The fourth-order valence-electron chi connectivity index (χ4n) is 3.72. The maximum atomic E-state index is 13.0. The number of rotatable bonds is 11. The Morgan fingerprint density at radius 2 is 1.63 bits per heavy atom. The van der Waals surface area contributed by atoms with Gasteiger partial charge in [0.1, 0.15) is 0 Å². The molecule has 1 heterocycles. The van der Waals surface area contributed by atoms with Crippen molar-refractivity contribution in [1.82, 2.24) is 9.78 Å². The number of hydrogen-bond acceptors (Lipinski definition) is 3. The molecule has 5 nitrogen and oxygen atoms in total. The maximum Gasteiger partial charge on any atom is 0.278 e. The number of benzene rings is 1. The molecule has 5 heteroatoms. The van der Waals surface area contributed by atoms with E-state index in [1.807, 2.05) is 27.7 Å². The van der Waals surface area contributed by atoms with Crippen molar-refractivity contribution in [3.8, 4) is 0 Å². The molecule has 0 atom stereocenters. The molecule has 0 aliphatic carbocycles. The molecule has 1 N–H and O–H groups in total. The lowest BCUT2D eigenvalue weighted by atomic mass is 10.0. The van der Waals surface area contributed by atoms with E-state index in [4.69, 9.17) is 0 Å². The minimum atomic E-state index is -0.134. The topological polar surface area (TPSA) is 64.0 Å². The summed E-state index contributed by atoms with van der Waals surface area (Å²) in [5.41, 5.74) is 4.33. The highest BCUT2D eigenvalue weighted by molar-refractivity contribution is 5.97. The Bertz CT molecular complexity index is 835. The van der Waals surface area contributed by atoms with Gasteiger partial charge < -0.3 is 5.32 Å². The van der Waals surface area contributed by atoms with E-state index in [1.54, 1.807) is 24.3 Å². The Morgan fingerprint density at radius 1 is 1.00 bits per heavy atom. The molecule has 0 saturated carbocycles. The highest BCUT2D eigenvalue weighted by Crippen LogP contribution is 2.19. The van der Waals surface area contributed by atoms with Crippen LogP contribution in [0, 0.1) is 19.8 Å². The monoisotopic (exact) mass is 411 g/mol. The quantitative estimate of drug-likeness (QED) is 0.456. The Balaban J connectivity index is 2.00. The molecule has 0 aliphatic heterocycles. The van der Waals surface area contributed by atoms with E-state index in [2.05, 4.69) is 17.3 Å². The van der Waals surface area contributed by atoms with Crippen molar-refractivity contribution < 1.29 is 9.59 Å². The van der Waals surface area contributed by atoms with Gasteiger partial charge in [-0.15, -0.1) is 0 Å². The molecule has 1 aromatic heterocycles. The zero-order valence-electron chi connectivity index (χ0n) is 19.3. The molecule has 0 aliphatic rings. The van der Waals surface area contributed by atoms with Crippen LogP contribution in [0.4, 0.5) is 5.69 Å². The minimum Gasteiger partial charge on any atom is -0.326 e. The largest absolute Gasteiger partial charge is 0.326 e. The summed E-state index contributed by atoms with van der Waals surface area (Å²) in [5.74, 6) is 0.161. The number of nitrogens with one attached hydrogen (secondary N) is 1. The molecule has 1 aromatic carbocycles. The second-order valence-corrected chi connectivity index (χ2v) is 8.61. The second-order valence-electron chi connectivity index (χ2n) is 8.61. The lowest BCUT2D eigenvalue weighted by Gasteiger charge is -2.08. The van der Waals surface area contributed by atoms with E-state index in [0.717, 1.165) is 24.2 Å². The van der Waals surface area contributed by atoms with Gasteiger partial charge in [0.15, 0.2) is 0 Å². The van der Waals surface area contributed by atoms with Gasteiger partial charge in [-0.05, 0) is 62.4 Å². The van der Waals surface area contributed by atoms with Crippen molar-refractivity contribution in [2.45, 2.75) is 86.0 Å². The number of amides is 1. The van der Waals surface area contributed by atoms with Crippen LogP contribution in [0.1, 0.15) is 93.0 Å². The summed E-state index contributed by atoms with van der Waals surface area (Å²) in [6.45, 7) is 10.2. The van der Waals surface area contributed by atoms with Gasteiger partial charge >= 0.3 is 0 Å². The molecule has 0 saturated heterocycles. The van der Waals surface area contributed by atoms with Crippen LogP contribution in [0.2, 0.25) is 0 Å². The third-order valence-electron chi connectivity index (χ3n) is 5.42. The minimum absolute atomic E-state index is 0.0121. The first-order valence-corrected chi connectivity index (χ1v) is 11.3. The van der Waals surface area contributed by atoms with Gasteiger partial charge in [0.2, 0.25) is 5.91 Å². The lowest BCUT2D eigenvalue weighted by Crippen LogP contribution is -2.16. The number of anilines is 1. The first-order valence-electron chi connectivity index (χ1n) is 11.3. The van der Waals surface area contributed by atoms with Crippen LogP contribution < -0.4 is 5.32 Å². The molecular formula is C25H37N3O2. The van der Waals surface area contributed by atoms with Crippen molar-refractivity contribution >= 4 is 17.5 Å². The average molecular weight is 412 g/mol. The van der Waals surface area contributed by atoms with Crippen LogP contribution in [0.3, 0.4) is 0 Å². The van der Waals surface area contributed by atoms with E-state index in [1.165, 1.54) is 42.3 Å². The summed E-state index contributed by atoms with van der Waals surface area (Å²) >= 11 is 0. The Hall–Kier alpha value is -2.43. The summed E-state index contributed by atoms with van der Waals surface area (Å²) in [6, 6.07) is 7.04. The van der Waals surface area contributed by atoms with Crippen molar-refractivity contribution in [3.63, 3.8) is 0 Å². The lowest BCUT2D eigenvalue weighted by molar-refractivity contribution is -0.116. The molecule has 0 radical (unpaired) electrons. The van der Waals surface area contributed by atoms with Crippen molar-refractivity contribution in [2.24, 2.45) is 5.92 Å². The van der Waals surface area contributed by atoms with Gasteiger partial charge in [-0.3, -0.25) is 9.59 Å². The molecule has 2 aromatic rings. The third kappa shape index (κ3) is 6.82. The van der Waals surface area contributed by atoms with Gasteiger partial charge in [-0.2, -0.15) is 5.10 Å². The van der Waals surface area contributed by atoms with Gasteiger partial charge in [0.25, 0.3) is 5.91 Å². The summed E-state index contributed by atoms with van der Waals surface area (Å²) < 4.78 is 1.52. The van der Waals surface area contributed by atoms with E-state index in [-0.39, 0.29) is 11.8 Å². The first kappa shape index (κ1) is 23.8. The van der Waals surface area contributed by atoms with E-state index >= 15 is 0 Å². The van der Waals surface area contributed by atoms with Gasteiger partial charge in [-0.25, -0.2) is 4.68 Å². The first-order chi connectivity index (χ1) is 14.3. The number of nitrogens with zero attached hydrogens (tertiary/aromatic N) is 2. The van der Waals surface area contributed by atoms with Crippen molar-refractivity contribution in [3.05, 3.63) is 46.8 Å². The highest BCUT2D eigenvalue weighted by atomic mass is 16.2. The number of carbonyl (C=O) groups is 2. The van der Waals surface area contributed by atoms with Crippen LogP contribution in [-0.2, 0) is 11.2 Å². The third-order valence-corrected chi connectivity index (χ3v) is 5.42. The van der Waals surface area contributed by atoms with Crippen LogP contribution in [0.5, 0.6) is 0 Å². The molecule has 0 fully saturated rings. The number of carbonyl (C=O) groups excluding carboxylic acids is 2. The molecule has 30 heavy (non-hydrogen) atoms. The Morgan fingerprint density at radius 3 is 2.27 bits per heavy atom. The standard InChI is InChI=1S/C25H37N3O2/c1-6-7-8-9-10-11-12-23-19(4)27-28(20(23)5)25(30)21-13-15-22(16-14-21)26-24(29)17-18(2)3/h13-16,18H,6-12,17H2,1-5H3,(H,26,29). The summed E-state index contributed by atoms with van der Waals surface area (Å²) in [7, 11) is 0. The van der Waals surface area contributed by atoms with Crippen molar-refractivity contribution in [2.75, 3.05) is 5.32 Å². The van der Waals surface area contributed by atoms with Crippen LogP contribution in [0.25, 0.3) is 0 Å². The number of unbranched alkanes of at least 4 members (excludes halogenated alkanes) is 5. The molecule has 0 unspecified atom stereocenters. The molecule has 0 spiro atoms. The molecule has 1 amide bonds. The van der Waals surface area contributed by atoms with E-state index in [9.17, 15) is 9.59 Å². The smallest absolute Gasteiger partial charge is 0.278 e. The predicted octanol–water partition coefficient (Wildman–Crippen LogP) is 6.08. The van der Waals surface area contributed by atoms with Crippen LogP contribution >= 0.6 is 0 Å². The number of hydrogen-bond donors (Lipinski definition) is 1. The number of aromatic nitrogens is 2. The van der Waals surface area contributed by atoms with Crippen LogP contribution in [0.15, 0.2) is 24.3 Å². The summed E-state index contributed by atoms with van der Waals surface area (Å²) in [6.07, 6.45) is 8.96.